The molecule has 0 aliphatic heterocycles. The maximum Gasteiger partial charge on any atom is 0.316 e. The molecule has 0 radical (unpaired) electrons. The first-order valence-electron chi connectivity index (χ1n) is 16.0. The molecular weight excluding hydrogens is 526 g/mol. The van der Waals surface area contributed by atoms with Gasteiger partial charge in [-0.1, -0.05) is 103 Å². The average molecular weight is 588 g/mol. The standard InChI is InChI=1S/C32H62N3O4.ClH/c1-5-6-7-8-9-10-11-12-13-14-15-16-17-18-19-20-25-37-29-31(39-32-33-22-21-23-34-32)30-38-28-27-36-26-24-35(2,3)4;/h21-23,31H,5-20,24-30H2,1-4H3;1H/q+1;/p-1. The summed E-state index contributed by atoms with van der Waals surface area (Å²) in [5.41, 5.74) is 0. The Morgan fingerprint density at radius 1 is 0.600 bits per heavy atom. The van der Waals surface area contributed by atoms with Crippen molar-refractivity contribution >= 4 is 0 Å². The second-order valence-electron chi connectivity index (χ2n) is 11.9. The molecule has 0 N–H and O–H groups in total. The Labute approximate surface area is 253 Å². The molecule has 1 heterocycles. The van der Waals surface area contributed by atoms with Crippen LogP contribution in [0.2, 0.25) is 0 Å². The van der Waals surface area contributed by atoms with Crippen molar-refractivity contribution in [1.29, 1.82) is 0 Å². The van der Waals surface area contributed by atoms with Crippen molar-refractivity contribution in [3.05, 3.63) is 18.5 Å². The van der Waals surface area contributed by atoms with E-state index in [9.17, 15) is 0 Å². The van der Waals surface area contributed by atoms with Gasteiger partial charge in [0.25, 0.3) is 0 Å². The molecule has 0 saturated carbocycles. The molecule has 0 bridgehead atoms. The van der Waals surface area contributed by atoms with Gasteiger partial charge in [-0.2, -0.15) is 0 Å². The molecule has 0 spiro atoms. The van der Waals surface area contributed by atoms with Crippen molar-refractivity contribution in [2.45, 2.75) is 116 Å². The molecule has 1 rings (SSSR count). The van der Waals surface area contributed by atoms with E-state index < -0.39 is 0 Å². The first-order chi connectivity index (χ1) is 19.0. The molecule has 1 aromatic rings. The summed E-state index contributed by atoms with van der Waals surface area (Å²) in [5.74, 6) is 0. The Hall–Kier alpha value is -0.990. The lowest BCUT2D eigenvalue weighted by atomic mass is 10.0. The predicted octanol–water partition coefficient (Wildman–Crippen LogP) is 4.25. The summed E-state index contributed by atoms with van der Waals surface area (Å²) < 4.78 is 24.2. The molecule has 0 aliphatic rings. The minimum Gasteiger partial charge on any atom is -1.00 e. The number of likely N-dealkylation sites (N-methyl/N-ethyl adjacent to an activating group) is 1. The zero-order valence-electron chi connectivity index (χ0n) is 26.4. The van der Waals surface area contributed by atoms with Crippen LogP contribution in [0.3, 0.4) is 0 Å². The Morgan fingerprint density at radius 3 is 1.55 bits per heavy atom. The van der Waals surface area contributed by atoms with Crippen LogP contribution in [0.15, 0.2) is 18.5 Å². The zero-order chi connectivity index (χ0) is 28.3. The van der Waals surface area contributed by atoms with Crippen molar-refractivity contribution in [2.75, 3.05) is 67.3 Å². The van der Waals surface area contributed by atoms with Gasteiger partial charge in [0.15, 0.2) is 0 Å². The van der Waals surface area contributed by atoms with E-state index in [4.69, 9.17) is 18.9 Å². The molecule has 40 heavy (non-hydrogen) atoms. The minimum atomic E-state index is -0.236. The van der Waals surface area contributed by atoms with Crippen LogP contribution >= 0.6 is 0 Å². The molecule has 0 saturated heterocycles. The third-order valence-electron chi connectivity index (χ3n) is 6.84. The summed E-state index contributed by atoms with van der Waals surface area (Å²) in [6, 6.07) is 2.14. The van der Waals surface area contributed by atoms with Crippen molar-refractivity contribution < 1.29 is 35.8 Å². The van der Waals surface area contributed by atoms with Crippen LogP contribution in [0.1, 0.15) is 110 Å². The minimum absolute atomic E-state index is 0. The summed E-state index contributed by atoms with van der Waals surface area (Å²) in [6.45, 7) is 6.76. The zero-order valence-corrected chi connectivity index (χ0v) is 27.2. The van der Waals surface area contributed by atoms with Crippen molar-refractivity contribution in [2.24, 2.45) is 0 Å². The van der Waals surface area contributed by atoms with Crippen LogP contribution in [0, 0.1) is 0 Å². The lowest BCUT2D eigenvalue weighted by Gasteiger charge is -2.23. The third kappa shape index (κ3) is 27.2. The van der Waals surface area contributed by atoms with Crippen LogP contribution < -0.4 is 17.1 Å². The normalized spacial score (nSPS) is 12.3. The van der Waals surface area contributed by atoms with Gasteiger partial charge in [0.1, 0.15) is 12.6 Å². The Balaban J connectivity index is 0.0000152. The van der Waals surface area contributed by atoms with Crippen LogP contribution in [0.25, 0.3) is 0 Å². The Bertz CT molecular complexity index is 634. The van der Waals surface area contributed by atoms with Gasteiger partial charge in [0, 0.05) is 19.0 Å². The molecule has 0 aromatic carbocycles. The number of unbranched alkanes of at least 4 members (excludes halogenated alkanes) is 15. The fourth-order valence-corrected chi connectivity index (χ4v) is 4.35. The van der Waals surface area contributed by atoms with Crippen LogP contribution in [0.4, 0.5) is 0 Å². The van der Waals surface area contributed by atoms with E-state index in [1.54, 1.807) is 18.5 Å². The Morgan fingerprint density at radius 2 is 1.05 bits per heavy atom. The number of ether oxygens (including phenoxy) is 4. The molecule has 1 unspecified atom stereocenters. The highest BCUT2D eigenvalue weighted by molar-refractivity contribution is 4.94. The summed E-state index contributed by atoms with van der Waals surface area (Å²) in [5, 5.41) is 0. The van der Waals surface area contributed by atoms with Gasteiger partial charge in [-0.3, -0.25) is 0 Å². The molecule has 0 aliphatic carbocycles. The molecule has 8 heteroatoms. The molecule has 0 fully saturated rings. The lowest BCUT2D eigenvalue weighted by Crippen LogP contribution is -3.00. The van der Waals surface area contributed by atoms with Gasteiger partial charge >= 0.3 is 6.01 Å². The van der Waals surface area contributed by atoms with Gasteiger partial charge in [-0.25, -0.2) is 9.97 Å². The number of halogens is 1. The fraction of sp³-hybridized carbons (Fsp3) is 0.875. The highest BCUT2D eigenvalue weighted by atomic mass is 35.5. The van der Waals surface area contributed by atoms with Gasteiger partial charge in [0.05, 0.1) is 54.2 Å². The molecule has 7 nitrogen and oxygen atoms in total. The smallest absolute Gasteiger partial charge is 0.316 e. The molecule has 1 aromatic heterocycles. The van der Waals surface area contributed by atoms with E-state index in [1.807, 2.05) is 0 Å². The summed E-state index contributed by atoms with van der Waals surface area (Å²) >= 11 is 0. The van der Waals surface area contributed by atoms with Gasteiger partial charge in [0.2, 0.25) is 0 Å². The first-order valence-corrected chi connectivity index (χ1v) is 16.0. The van der Waals surface area contributed by atoms with E-state index >= 15 is 0 Å². The van der Waals surface area contributed by atoms with Crippen LogP contribution in [0.5, 0.6) is 6.01 Å². The number of nitrogens with zero attached hydrogens (tertiary/aromatic N) is 3. The van der Waals surface area contributed by atoms with Crippen LogP contribution in [-0.4, -0.2) is 87.9 Å². The summed E-state index contributed by atoms with van der Waals surface area (Å²) in [7, 11) is 6.48. The van der Waals surface area contributed by atoms with Gasteiger partial charge in [-0.05, 0) is 12.5 Å². The van der Waals surface area contributed by atoms with E-state index in [1.165, 1.54) is 96.3 Å². The summed E-state index contributed by atoms with van der Waals surface area (Å²) in [4.78, 5) is 8.34. The SMILES string of the molecule is CCCCCCCCCCCCCCCCCCOCC(COCCOCC[N+](C)(C)C)Oc1ncccn1.[Cl-]. The molecule has 1 atom stereocenters. The maximum atomic E-state index is 5.93. The molecule has 236 valence electrons. The van der Waals surface area contributed by atoms with E-state index in [2.05, 4.69) is 38.0 Å². The summed E-state index contributed by atoms with van der Waals surface area (Å²) in [6.07, 6.45) is 25.1. The number of hydrogen-bond donors (Lipinski definition) is 0. The van der Waals surface area contributed by atoms with E-state index in [0.717, 1.165) is 30.7 Å². The third-order valence-corrected chi connectivity index (χ3v) is 6.84. The van der Waals surface area contributed by atoms with Crippen molar-refractivity contribution in [3.63, 3.8) is 0 Å². The highest BCUT2D eigenvalue weighted by Crippen LogP contribution is 2.14. The van der Waals surface area contributed by atoms with Crippen LogP contribution in [-0.2, 0) is 14.2 Å². The van der Waals surface area contributed by atoms with Gasteiger partial charge in [-0.15, -0.1) is 0 Å². The number of quaternary nitrogens is 1. The van der Waals surface area contributed by atoms with Gasteiger partial charge < -0.3 is 35.8 Å². The number of aromatic nitrogens is 2. The molecular formula is C32H62ClN3O4. The van der Waals surface area contributed by atoms with E-state index in [0.29, 0.717) is 32.4 Å². The number of hydrogen-bond acceptors (Lipinski definition) is 6. The lowest BCUT2D eigenvalue weighted by molar-refractivity contribution is -0.870. The Kier molecular flexibility index (Phi) is 27.4. The van der Waals surface area contributed by atoms with E-state index in [-0.39, 0.29) is 18.5 Å². The quantitative estimate of drug-likeness (QED) is 0.103. The average Bonchev–Trinajstić information content (AvgIpc) is 2.91. The highest BCUT2D eigenvalue weighted by Gasteiger charge is 2.13. The topological polar surface area (TPSA) is 62.7 Å². The largest absolute Gasteiger partial charge is 1.00 e. The second-order valence-corrected chi connectivity index (χ2v) is 11.9. The molecule has 0 amide bonds. The fourth-order valence-electron chi connectivity index (χ4n) is 4.35. The first kappa shape index (κ1) is 39.0. The predicted molar refractivity (Wildman–Crippen MR) is 161 cm³/mol. The number of rotatable bonds is 29. The second kappa shape index (κ2) is 28.1. The monoisotopic (exact) mass is 587 g/mol. The van der Waals surface area contributed by atoms with Crippen molar-refractivity contribution in [3.8, 4) is 6.01 Å². The van der Waals surface area contributed by atoms with Crippen molar-refractivity contribution in [1.82, 2.24) is 9.97 Å². The maximum absolute atomic E-state index is 5.93.